The summed E-state index contributed by atoms with van der Waals surface area (Å²) in [5.74, 6) is 1.47. The molecule has 2 rings (SSSR count). The Labute approximate surface area is 90.2 Å². The van der Waals surface area contributed by atoms with Crippen LogP contribution in [0.25, 0.3) is 0 Å². The van der Waals surface area contributed by atoms with Crippen molar-refractivity contribution in [1.29, 1.82) is 0 Å². The second kappa shape index (κ2) is 3.37. The Morgan fingerprint density at radius 3 is 2.33 bits per heavy atom. The zero-order valence-electron chi connectivity index (χ0n) is 9.56. The van der Waals surface area contributed by atoms with Gasteiger partial charge in [0.25, 0.3) is 0 Å². The van der Waals surface area contributed by atoms with Gasteiger partial charge in [-0.05, 0) is 38.5 Å². The van der Waals surface area contributed by atoms with Gasteiger partial charge in [-0.25, -0.2) is 4.79 Å². The summed E-state index contributed by atoms with van der Waals surface area (Å²) in [6.07, 6.45) is -0.216. The smallest absolute Gasteiger partial charge is 0.410 e. The molecule has 0 aromatic rings. The zero-order valence-corrected chi connectivity index (χ0v) is 9.56. The Morgan fingerprint density at radius 2 is 1.93 bits per heavy atom. The number of nitrogens with zero attached hydrogens (tertiary/aromatic N) is 1. The fourth-order valence-corrected chi connectivity index (χ4v) is 2.40. The molecule has 86 valence electrons. The highest BCUT2D eigenvalue weighted by molar-refractivity contribution is 5.68. The van der Waals surface area contributed by atoms with Crippen LogP contribution in [0, 0.1) is 17.8 Å². The number of piperidine rings is 1. The fraction of sp³-hybridized carbons (Fsp3) is 0.909. The summed E-state index contributed by atoms with van der Waals surface area (Å²) >= 11 is 0. The van der Waals surface area contributed by atoms with E-state index < -0.39 is 5.60 Å². The van der Waals surface area contributed by atoms with Gasteiger partial charge >= 0.3 is 6.09 Å². The van der Waals surface area contributed by atoms with Crippen molar-refractivity contribution in [3.05, 3.63) is 0 Å². The van der Waals surface area contributed by atoms with E-state index in [9.17, 15) is 4.79 Å². The van der Waals surface area contributed by atoms with E-state index in [0.717, 1.165) is 13.1 Å². The molecule has 1 saturated heterocycles. The van der Waals surface area contributed by atoms with Crippen molar-refractivity contribution < 1.29 is 14.6 Å². The van der Waals surface area contributed by atoms with Crippen molar-refractivity contribution in [2.75, 3.05) is 19.7 Å². The van der Waals surface area contributed by atoms with Gasteiger partial charge in [0.15, 0.2) is 0 Å². The summed E-state index contributed by atoms with van der Waals surface area (Å²) < 4.78 is 5.28. The van der Waals surface area contributed by atoms with Gasteiger partial charge in [-0.1, -0.05) is 0 Å². The lowest BCUT2D eigenvalue weighted by molar-refractivity contribution is 0.0259. The van der Waals surface area contributed by atoms with Crippen LogP contribution in [0.5, 0.6) is 0 Å². The molecule has 2 fully saturated rings. The van der Waals surface area contributed by atoms with E-state index >= 15 is 0 Å². The Kier molecular flexibility index (Phi) is 2.41. The number of hydrogen-bond donors (Lipinski definition) is 1. The lowest BCUT2D eigenvalue weighted by Crippen LogP contribution is -2.37. The summed E-state index contributed by atoms with van der Waals surface area (Å²) in [7, 11) is 0. The van der Waals surface area contributed by atoms with Crippen LogP contribution in [0.2, 0.25) is 0 Å². The van der Waals surface area contributed by atoms with Crippen LogP contribution in [0.15, 0.2) is 0 Å². The lowest BCUT2D eigenvalue weighted by atomic mass is 10.2. The molecule has 0 radical (unpaired) electrons. The molecule has 0 aromatic heterocycles. The molecule has 1 aliphatic carbocycles. The number of carbonyl (C=O) groups is 1. The maximum absolute atomic E-state index is 11.7. The fourth-order valence-electron chi connectivity index (χ4n) is 2.40. The minimum Gasteiger partial charge on any atom is -0.444 e. The molecular formula is C11H19NO3. The quantitative estimate of drug-likeness (QED) is 0.709. The second-order valence-electron chi connectivity index (χ2n) is 5.56. The van der Waals surface area contributed by atoms with E-state index in [0.29, 0.717) is 17.8 Å². The summed E-state index contributed by atoms with van der Waals surface area (Å²) in [6, 6.07) is 0. The number of rotatable bonds is 1. The minimum absolute atomic E-state index is 0.216. The zero-order chi connectivity index (χ0) is 11.2. The molecule has 4 heteroatoms. The highest BCUT2D eigenvalue weighted by Gasteiger charge is 2.56. The average Bonchev–Trinajstić information content (AvgIpc) is 2.54. The number of likely N-dealkylation sites (tertiary alicyclic amines) is 1. The van der Waals surface area contributed by atoms with E-state index in [1.807, 2.05) is 20.8 Å². The van der Waals surface area contributed by atoms with Crippen molar-refractivity contribution in [1.82, 2.24) is 4.90 Å². The van der Waals surface area contributed by atoms with Gasteiger partial charge in [0.2, 0.25) is 0 Å². The molecule has 15 heavy (non-hydrogen) atoms. The number of ether oxygens (including phenoxy) is 1. The average molecular weight is 213 g/mol. The summed E-state index contributed by atoms with van der Waals surface area (Å²) in [5.41, 5.74) is -0.416. The molecule has 0 spiro atoms. The maximum atomic E-state index is 11.7. The molecule has 1 N–H and O–H groups in total. The molecule has 0 bridgehead atoms. The largest absolute Gasteiger partial charge is 0.444 e. The Morgan fingerprint density at radius 1 is 1.40 bits per heavy atom. The molecule has 1 heterocycles. The molecule has 0 aromatic carbocycles. The number of amides is 1. The Balaban J connectivity index is 1.82. The van der Waals surface area contributed by atoms with Crippen LogP contribution in [0.3, 0.4) is 0 Å². The molecule has 1 aliphatic heterocycles. The van der Waals surface area contributed by atoms with E-state index in [-0.39, 0.29) is 12.7 Å². The van der Waals surface area contributed by atoms with Crippen LogP contribution < -0.4 is 0 Å². The van der Waals surface area contributed by atoms with E-state index in [1.165, 1.54) is 0 Å². The van der Waals surface area contributed by atoms with Crippen molar-refractivity contribution in [2.24, 2.45) is 17.8 Å². The highest BCUT2D eigenvalue weighted by Crippen LogP contribution is 2.51. The number of fused-ring (bicyclic) bond motifs is 1. The molecule has 3 atom stereocenters. The first-order chi connectivity index (χ1) is 6.92. The molecule has 1 amide bonds. The van der Waals surface area contributed by atoms with Gasteiger partial charge in [0.1, 0.15) is 5.60 Å². The summed E-state index contributed by atoms with van der Waals surface area (Å²) in [5, 5.41) is 8.99. The van der Waals surface area contributed by atoms with E-state index in [2.05, 4.69) is 0 Å². The first-order valence-electron chi connectivity index (χ1n) is 5.51. The predicted molar refractivity (Wildman–Crippen MR) is 55.4 cm³/mol. The first kappa shape index (κ1) is 10.7. The summed E-state index contributed by atoms with van der Waals surface area (Å²) in [4.78, 5) is 13.4. The monoisotopic (exact) mass is 213 g/mol. The van der Waals surface area contributed by atoms with Gasteiger partial charge in [0.05, 0.1) is 0 Å². The SMILES string of the molecule is CC(C)(C)OC(=O)N1C[C@@H]2[C@@H](CO)[C@@H]2C1. The topological polar surface area (TPSA) is 49.8 Å². The molecule has 4 nitrogen and oxygen atoms in total. The highest BCUT2D eigenvalue weighted by atomic mass is 16.6. The van der Waals surface area contributed by atoms with Crippen LogP contribution in [-0.4, -0.2) is 41.4 Å². The van der Waals surface area contributed by atoms with Crippen molar-refractivity contribution in [3.8, 4) is 0 Å². The lowest BCUT2D eigenvalue weighted by Gasteiger charge is -2.25. The van der Waals surface area contributed by atoms with Crippen LogP contribution >= 0.6 is 0 Å². The van der Waals surface area contributed by atoms with Gasteiger partial charge < -0.3 is 14.7 Å². The number of aliphatic hydroxyl groups excluding tert-OH is 1. The van der Waals surface area contributed by atoms with E-state index in [4.69, 9.17) is 9.84 Å². The van der Waals surface area contributed by atoms with Gasteiger partial charge in [-0.3, -0.25) is 0 Å². The first-order valence-corrected chi connectivity index (χ1v) is 5.51. The van der Waals surface area contributed by atoms with Gasteiger partial charge in [-0.15, -0.1) is 0 Å². The van der Waals surface area contributed by atoms with Crippen LogP contribution in [0.1, 0.15) is 20.8 Å². The molecule has 0 unspecified atom stereocenters. The van der Waals surface area contributed by atoms with Gasteiger partial charge in [0, 0.05) is 19.7 Å². The third kappa shape index (κ3) is 2.09. The Hall–Kier alpha value is -0.770. The van der Waals surface area contributed by atoms with E-state index in [1.54, 1.807) is 4.90 Å². The number of hydrogen-bond acceptors (Lipinski definition) is 3. The molecular weight excluding hydrogens is 194 g/mol. The second-order valence-corrected chi connectivity index (χ2v) is 5.56. The molecule has 1 saturated carbocycles. The molecule has 2 aliphatic rings. The normalized spacial score (nSPS) is 33.9. The van der Waals surface area contributed by atoms with Crippen molar-refractivity contribution >= 4 is 6.09 Å². The number of aliphatic hydroxyl groups is 1. The van der Waals surface area contributed by atoms with Crippen LogP contribution in [0.4, 0.5) is 4.79 Å². The summed E-state index contributed by atoms with van der Waals surface area (Å²) in [6.45, 7) is 7.39. The van der Waals surface area contributed by atoms with Crippen molar-refractivity contribution in [2.45, 2.75) is 26.4 Å². The van der Waals surface area contributed by atoms with Gasteiger partial charge in [-0.2, -0.15) is 0 Å². The minimum atomic E-state index is -0.416. The number of carbonyl (C=O) groups excluding carboxylic acids is 1. The third-order valence-corrected chi connectivity index (χ3v) is 3.23. The third-order valence-electron chi connectivity index (χ3n) is 3.23. The van der Waals surface area contributed by atoms with Crippen molar-refractivity contribution in [3.63, 3.8) is 0 Å². The predicted octanol–water partition coefficient (Wildman–Crippen LogP) is 1.09. The maximum Gasteiger partial charge on any atom is 0.410 e. The Bertz CT molecular complexity index is 259. The standard InChI is InChI=1S/C11H19NO3/c1-11(2,3)15-10(14)12-4-7-8(5-12)9(7)6-13/h7-9,13H,4-6H2,1-3H3/t7-,8+,9+. The van der Waals surface area contributed by atoms with Crippen LogP contribution in [-0.2, 0) is 4.74 Å².